The molecule has 0 saturated carbocycles. The van der Waals surface area contributed by atoms with Crippen molar-refractivity contribution >= 4 is 70.7 Å². The highest BCUT2D eigenvalue weighted by atomic mass is 14.3. The van der Waals surface area contributed by atoms with E-state index in [9.17, 15) is 0 Å². The largest absolute Gasteiger partial charge is 0.0985 e. The number of rotatable bonds is 6. The van der Waals surface area contributed by atoms with Crippen molar-refractivity contribution in [3.8, 4) is 55.6 Å². The van der Waals surface area contributed by atoms with E-state index in [0.29, 0.717) is 0 Å². The van der Waals surface area contributed by atoms with Gasteiger partial charge in [-0.1, -0.05) is 213 Å². The molecule has 0 spiro atoms. The molecule has 0 fully saturated rings. The molecule has 0 aliphatic heterocycles. The highest BCUT2D eigenvalue weighted by Crippen LogP contribution is 2.56. The maximum absolute atomic E-state index is 3.96. The van der Waals surface area contributed by atoms with Crippen LogP contribution in [0.2, 0.25) is 0 Å². The third-order valence-corrected chi connectivity index (χ3v) is 12.5. The summed E-state index contributed by atoms with van der Waals surface area (Å²) in [6.07, 6.45) is 1.90. The molecule has 0 aromatic heterocycles. The Balaban J connectivity index is 1.29. The first-order valence-corrected chi connectivity index (χ1v) is 20.1. The first-order chi connectivity index (χ1) is 28.8. The minimum Gasteiger partial charge on any atom is -0.0985 e. The Morgan fingerprint density at radius 2 is 0.586 bits per heavy atom. The van der Waals surface area contributed by atoms with Crippen molar-refractivity contribution in [2.45, 2.75) is 0 Å². The standard InChI is InChI=1S/C58H36/c1-2-36-24-26-37(27-25-36)38-28-30-42(31-29-38)52-56-48-23-13-21-46-43(39-14-6-3-7-15-39)32-34-49(54(46)48)57(56)51(41-18-10-5-11-19-41)55-47-22-12-20-45-44(40-16-8-4-9-17-40)33-35-50(53(45)47)58(52)55/h2-35H,1H2. The minimum absolute atomic E-state index is 1.12. The smallest absolute Gasteiger partial charge is 0.000718 e. The van der Waals surface area contributed by atoms with E-state index in [1.165, 1.54) is 120 Å². The summed E-state index contributed by atoms with van der Waals surface area (Å²) in [4.78, 5) is 0. The number of benzene rings is 10. The van der Waals surface area contributed by atoms with Gasteiger partial charge in [0.05, 0.1) is 0 Å². The predicted octanol–water partition coefficient (Wildman–Crippen LogP) is 16.5. The molecule has 58 heavy (non-hydrogen) atoms. The van der Waals surface area contributed by atoms with Crippen molar-refractivity contribution in [3.05, 3.63) is 212 Å². The summed E-state index contributed by atoms with van der Waals surface area (Å²) < 4.78 is 0. The van der Waals surface area contributed by atoms with Crippen molar-refractivity contribution in [3.63, 3.8) is 0 Å². The Hall–Kier alpha value is -7.54. The number of hydrogen-bond donors (Lipinski definition) is 0. The molecule has 0 heteroatoms. The van der Waals surface area contributed by atoms with Crippen molar-refractivity contribution in [2.24, 2.45) is 0 Å². The van der Waals surface area contributed by atoms with Gasteiger partial charge in [-0.05, 0) is 126 Å². The summed E-state index contributed by atoms with van der Waals surface area (Å²) in [7, 11) is 0. The van der Waals surface area contributed by atoms with Gasteiger partial charge in [0, 0.05) is 0 Å². The lowest BCUT2D eigenvalue weighted by atomic mass is 9.87. The zero-order valence-electron chi connectivity index (χ0n) is 31.8. The van der Waals surface area contributed by atoms with E-state index >= 15 is 0 Å². The second kappa shape index (κ2) is 12.7. The highest BCUT2D eigenvalue weighted by molar-refractivity contribution is 6.47. The molecule has 0 heterocycles. The lowest BCUT2D eigenvalue weighted by Gasteiger charge is -2.16. The van der Waals surface area contributed by atoms with Crippen LogP contribution >= 0.6 is 0 Å². The van der Waals surface area contributed by atoms with Gasteiger partial charge in [-0.25, -0.2) is 0 Å². The maximum atomic E-state index is 3.96. The average Bonchev–Trinajstić information content (AvgIpc) is 3.81. The molecular formula is C58H36. The molecule has 12 aromatic carbocycles. The molecule has 12 rings (SSSR count). The van der Waals surface area contributed by atoms with E-state index in [1.54, 1.807) is 0 Å². The van der Waals surface area contributed by atoms with Crippen molar-refractivity contribution < 1.29 is 0 Å². The van der Waals surface area contributed by atoms with E-state index in [4.69, 9.17) is 0 Å². The Morgan fingerprint density at radius 1 is 0.241 bits per heavy atom. The van der Waals surface area contributed by atoms with E-state index in [2.05, 4.69) is 207 Å². The molecule has 0 bridgehead atoms. The number of hydrogen-bond acceptors (Lipinski definition) is 0. The third-order valence-electron chi connectivity index (χ3n) is 12.5. The van der Waals surface area contributed by atoms with Gasteiger partial charge in [0.25, 0.3) is 0 Å². The second-order valence-corrected chi connectivity index (χ2v) is 15.5. The Bertz CT molecular complexity index is 3390. The van der Waals surface area contributed by atoms with Crippen molar-refractivity contribution in [1.29, 1.82) is 0 Å². The van der Waals surface area contributed by atoms with Gasteiger partial charge >= 0.3 is 0 Å². The molecule has 0 aliphatic carbocycles. The lowest BCUT2D eigenvalue weighted by Crippen LogP contribution is -1.88. The second-order valence-electron chi connectivity index (χ2n) is 15.5. The van der Waals surface area contributed by atoms with Gasteiger partial charge in [-0.2, -0.15) is 0 Å². The zero-order chi connectivity index (χ0) is 38.3. The van der Waals surface area contributed by atoms with Crippen LogP contribution in [0.25, 0.3) is 126 Å². The van der Waals surface area contributed by atoms with E-state index in [-0.39, 0.29) is 0 Å². The molecule has 0 unspecified atom stereocenters. The van der Waals surface area contributed by atoms with Crippen LogP contribution in [0, 0.1) is 0 Å². The summed E-state index contributed by atoms with van der Waals surface area (Å²) in [6.45, 7) is 3.96. The SMILES string of the molecule is C=Cc1ccc(-c2ccc(-c3c4c5cccc6c(-c7ccccc7)ccc(c4c(-c4ccccc4)c4c7cccc8c(-c9ccccc9)ccc(c34)c87)c65)cc2)cc1. The van der Waals surface area contributed by atoms with Crippen molar-refractivity contribution in [2.75, 3.05) is 0 Å². The minimum atomic E-state index is 1.12. The maximum Gasteiger partial charge on any atom is -0.000718 e. The first-order valence-electron chi connectivity index (χ1n) is 20.1. The van der Waals surface area contributed by atoms with Gasteiger partial charge in [0.2, 0.25) is 0 Å². The quantitative estimate of drug-likeness (QED) is 0.160. The fourth-order valence-electron chi connectivity index (χ4n) is 10.0. The Kier molecular flexibility index (Phi) is 7.18. The fraction of sp³-hybridized carbons (Fsp3) is 0. The van der Waals surface area contributed by atoms with E-state index in [0.717, 1.165) is 5.56 Å². The van der Waals surface area contributed by atoms with Crippen LogP contribution in [0.3, 0.4) is 0 Å². The van der Waals surface area contributed by atoms with Crippen LogP contribution in [0.15, 0.2) is 207 Å². The summed E-state index contributed by atoms with van der Waals surface area (Å²) in [6, 6.07) is 74.2. The molecule has 0 nitrogen and oxygen atoms in total. The molecule has 0 aliphatic rings. The molecule has 12 aromatic rings. The van der Waals surface area contributed by atoms with Crippen LogP contribution in [0.4, 0.5) is 0 Å². The molecule has 0 saturated heterocycles. The fourth-order valence-corrected chi connectivity index (χ4v) is 10.0. The van der Waals surface area contributed by atoms with Crippen LogP contribution in [-0.2, 0) is 0 Å². The number of fused-ring (bicyclic) bond motifs is 6. The molecule has 0 N–H and O–H groups in total. The summed E-state index contributed by atoms with van der Waals surface area (Å²) in [5.41, 5.74) is 13.6. The average molecular weight is 733 g/mol. The normalized spacial score (nSPS) is 11.9. The zero-order valence-corrected chi connectivity index (χ0v) is 31.8. The molecule has 0 amide bonds. The van der Waals surface area contributed by atoms with Crippen LogP contribution in [0.5, 0.6) is 0 Å². The van der Waals surface area contributed by atoms with Gasteiger partial charge in [-0.3, -0.25) is 0 Å². The highest BCUT2D eigenvalue weighted by Gasteiger charge is 2.28. The molecule has 268 valence electrons. The summed E-state index contributed by atoms with van der Waals surface area (Å²) in [5.74, 6) is 0. The topological polar surface area (TPSA) is 0 Å². The van der Waals surface area contributed by atoms with Gasteiger partial charge in [0.1, 0.15) is 0 Å². The van der Waals surface area contributed by atoms with E-state index < -0.39 is 0 Å². The summed E-state index contributed by atoms with van der Waals surface area (Å²) in [5, 5.41) is 15.7. The van der Waals surface area contributed by atoms with Gasteiger partial charge < -0.3 is 0 Å². The summed E-state index contributed by atoms with van der Waals surface area (Å²) >= 11 is 0. The molecule has 0 atom stereocenters. The van der Waals surface area contributed by atoms with E-state index in [1.807, 2.05) is 6.08 Å². The van der Waals surface area contributed by atoms with Gasteiger partial charge in [-0.15, -0.1) is 0 Å². The van der Waals surface area contributed by atoms with Crippen LogP contribution in [0.1, 0.15) is 5.56 Å². The monoisotopic (exact) mass is 732 g/mol. The molecular weight excluding hydrogens is 697 g/mol. The third kappa shape index (κ3) is 4.70. The Morgan fingerprint density at radius 3 is 1.02 bits per heavy atom. The molecule has 0 radical (unpaired) electrons. The lowest BCUT2D eigenvalue weighted by molar-refractivity contribution is 1.60. The predicted molar refractivity (Wildman–Crippen MR) is 251 cm³/mol. The van der Waals surface area contributed by atoms with Crippen molar-refractivity contribution in [1.82, 2.24) is 0 Å². The van der Waals surface area contributed by atoms with Gasteiger partial charge in [0.15, 0.2) is 0 Å². The Labute approximate surface area is 337 Å². The van der Waals surface area contributed by atoms with Crippen LogP contribution < -0.4 is 0 Å². The van der Waals surface area contributed by atoms with Crippen LogP contribution in [-0.4, -0.2) is 0 Å². The first kappa shape index (κ1) is 32.7.